The second-order valence-electron chi connectivity index (χ2n) is 2.16. The smallest absolute Gasteiger partial charge is 0.156 e. The number of benzene rings is 1. The van der Waals surface area contributed by atoms with E-state index in [0.29, 0.717) is 21.4 Å². The maximum Gasteiger partial charge on any atom is 0.156 e. The molecule has 1 rings (SSSR count). The van der Waals surface area contributed by atoms with Gasteiger partial charge in [0.2, 0.25) is 0 Å². The van der Waals surface area contributed by atoms with Gasteiger partial charge in [0.05, 0.1) is 17.2 Å². The van der Waals surface area contributed by atoms with E-state index in [1.165, 1.54) is 13.3 Å². The van der Waals surface area contributed by atoms with Crippen LogP contribution in [-0.2, 0) is 0 Å². The first-order valence-electron chi connectivity index (χ1n) is 3.22. The summed E-state index contributed by atoms with van der Waals surface area (Å²) in [6.07, 6.45) is 1.18. The van der Waals surface area contributed by atoms with E-state index in [1.54, 1.807) is 12.1 Å². The molecule has 0 aliphatic carbocycles. The molecule has 0 saturated carbocycles. The minimum Gasteiger partial charge on any atom is -0.494 e. The van der Waals surface area contributed by atoms with Crippen molar-refractivity contribution in [1.82, 2.24) is 0 Å². The molecule has 64 valence electrons. The molecule has 12 heavy (non-hydrogen) atoms. The van der Waals surface area contributed by atoms with E-state index >= 15 is 0 Å². The molecule has 0 bridgehead atoms. The van der Waals surface area contributed by atoms with Crippen molar-refractivity contribution in [2.24, 2.45) is 0 Å². The Morgan fingerprint density at radius 2 is 1.83 bits per heavy atom. The highest BCUT2D eigenvalue weighted by Crippen LogP contribution is 2.33. The number of nitrogens with one attached hydrogen (secondary N) is 1. The van der Waals surface area contributed by atoms with Crippen molar-refractivity contribution in [3.05, 3.63) is 27.7 Å². The molecular weight excluding hydrogens is 197 g/mol. The zero-order chi connectivity index (χ0) is 9.14. The van der Waals surface area contributed by atoms with Crippen molar-refractivity contribution < 1.29 is 4.74 Å². The normalized spacial score (nSPS) is 9.58. The van der Waals surface area contributed by atoms with Gasteiger partial charge in [0.15, 0.2) is 5.75 Å². The Bertz CT molecular complexity index is 289. The van der Waals surface area contributed by atoms with Crippen LogP contribution in [0.3, 0.4) is 0 Å². The summed E-state index contributed by atoms with van der Waals surface area (Å²) in [5, 5.41) is 7.82. The van der Waals surface area contributed by atoms with E-state index in [9.17, 15) is 0 Å². The molecule has 0 atom stereocenters. The Morgan fingerprint density at radius 3 is 2.17 bits per heavy atom. The molecule has 0 aliphatic heterocycles. The summed E-state index contributed by atoms with van der Waals surface area (Å²) >= 11 is 11.6. The minimum atomic E-state index is 0.420. The second-order valence-corrected chi connectivity index (χ2v) is 2.98. The third-order valence-corrected chi connectivity index (χ3v) is 1.95. The maximum absolute atomic E-state index is 6.98. The van der Waals surface area contributed by atoms with Crippen LogP contribution in [0.15, 0.2) is 12.1 Å². The van der Waals surface area contributed by atoms with Crippen molar-refractivity contribution in [3.63, 3.8) is 0 Å². The zero-order valence-corrected chi connectivity index (χ0v) is 7.91. The molecule has 0 aromatic heterocycles. The first-order valence-corrected chi connectivity index (χ1v) is 3.98. The highest BCUT2D eigenvalue weighted by Gasteiger charge is 2.06. The van der Waals surface area contributed by atoms with Crippen LogP contribution >= 0.6 is 23.2 Å². The van der Waals surface area contributed by atoms with Gasteiger partial charge in [0, 0.05) is 6.21 Å². The molecule has 4 heteroatoms. The summed E-state index contributed by atoms with van der Waals surface area (Å²) in [7, 11) is 1.50. The lowest BCUT2D eigenvalue weighted by Gasteiger charge is -2.05. The highest BCUT2D eigenvalue weighted by molar-refractivity contribution is 6.37. The van der Waals surface area contributed by atoms with Crippen molar-refractivity contribution in [2.75, 3.05) is 7.11 Å². The van der Waals surface area contributed by atoms with Crippen molar-refractivity contribution in [3.8, 4) is 5.75 Å². The summed E-state index contributed by atoms with van der Waals surface area (Å²) in [4.78, 5) is 0. The number of hydrogen-bond donors (Lipinski definition) is 1. The quantitative estimate of drug-likeness (QED) is 0.738. The summed E-state index contributed by atoms with van der Waals surface area (Å²) in [6, 6.07) is 3.25. The number of rotatable bonds is 2. The molecule has 1 N–H and O–H groups in total. The second kappa shape index (κ2) is 3.78. The summed E-state index contributed by atoms with van der Waals surface area (Å²) in [6.45, 7) is 0. The average Bonchev–Trinajstić information content (AvgIpc) is 2.03. The summed E-state index contributed by atoms with van der Waals surface area (Å²) < 4.78 is 4.94. The lowest BCUT2D eigenvalue weighted by Crippen LogP contribution is -1.88. The van der Waals surface area contributed by atoms with Crippen molar-refractivity contribution in [2.45, 2.75) is 0 Å². The third-order valence-electron chi connectivity index (χ3n) is 1.39. The largest absolute Gasteiger partial charge is 0.494 e. The van der Waals surface area contributed by atoms with Crippen molar-refractivity contribution in [1.29, 1.82) is 5.41 Å². The molecule has 0 saturated heterocycles. The first-order chi connectivity index (χ1) is 5.69. The van der Waals surface area contributed by atoms with Crippen LogP contribution in [0.1, 0.15) is 5.56 Å². The number of halogens is 2. The van der Waals surface area contributed by atoms with Gasteiger partial charge in [-0.25, -0.2) is 0 Å². The molecule has 0 aliphatic rings. The zero-order valence-electron chi connectivity index (χ0n) is 6.40. The van der Waals surface area contributed by atoms with Crippen LogP contribution in [0.25, 0.3) is 0 Å². The molecular formula is C8H7Cl2NO. The Balaban J connectivity index is 3.27. The van der Waals surface area contributed by atoms with Crippen LogP contribution < -0.4 is 4.74 Å². The summed E-state index contributed by atoms with van der Waals surface area (Å²) in [5.41, 5.74) is 0.658. The van der Waals surface area contributed by atoms with E-state index in [4.69, 9.17) is 33.3 Å². The Hall–Kier alpha value is -0.730. The van der Waals surface area contributed by atoms with Crippen LogP contribution in [0.4, 0.5) is 0 Å². The number of ether oxygens (including phenoxy) is 1. The van der Waals surface area contributed by atoms with E-state index in [2.05, 4.69) is 0 Å². The van der Waals surface area contributed by atoms with E-state index in [-0.39, 0.29) is 0 Å². The van der Waals surface area contributed by atoms with Crippen LogP contribution in [-0.4, -0.2) is 13.3 Å². The SMILES string of the molecule is COc1c(Cl)cc(C=N)cc1Cl. The molecule has 1 aromatic carbocycles. The lowest BCUT2D eigenvalue weighted by molar-refractivity contribution is 0.415. The molecule has 0 radical (unpaired) electrons. The fourth-order valence-electron chi connectivity index (χ4n) is 0.858. The van der Waals surface area contributed by atoms with Gasteiger partial charge in [0.25, 0.3) is 0 Å². The van der Waals surface area contributed by atoms with Gasteiger partial charge < -0.3 is 10.1 Å². The van der Waals surface area contributed by atoms with Crippen molar-refractivity contribution >= 4 is 29.4 Å². The number of methoxy groups -OCH3 is 1. The monoisotopic (exact) mass is 203 g/mol. The Labute approximate surface area is 80.6 Å². The maximum atomic E-state index is 6.98. The van der Waals surface area contributed by atoms with E-state index < -0.39 is 0 Å². The van der Waals surface area contributed by atoms with E-state index in [0.717, 1.165) is 0 Å². The topological polar surface area (TPSA) is 33.1 Å². The predicted molar refractivity (Wildman–Crippen MR) is 50.9 cm³/mol. The number of hydrogen-bond acceptors (Lipinski definition) is 2. The van der Waals surface area contributed by atoms with Gasteiger partial charge in [-0.15, -0.1) is 0 Å². The third kappa shape index (κ3) is 1.71. The Morgan fingerprint density at radius 1 is 1.33 bits per heavy atom. The lowest BCUT2D eigenvalue weighted by atomic mass is 10.2. The van der Waals surface area contributed by atoms with Crippen LogP contribution in [0.2, 0.25) is 10.0 Å². The van der Waals surface area contributed by atoms with Gasteiger partial charge in [-0.2, -0.15) is 0 Å². The van der Waals surface area contributed by atoms with Gasteiger partial charge in [-0.3, -0.25) is 0 Å². The molecule has 0 unspecified atom stereocenters. The average molecular weight is 204 g/mol. The van der Waals surface area contributed by atoms with E-state index in [1.807, 2.05) is 0 Å². The molecule has 0 fully saturated rings. The predicted octanol–water partition coefficient (Wildman–Crippen LogP) is 3.00. The Kier molecular flexibility index (Phi) is 2.95. The van der Waals surface area contributed by atoms with Gasteiger partial charge in [-0.05, 0) is 17.7 Å². The molecule has 2 nitrogen and oxygen atoms in total. The fourth-order valence-corrected chi connectivity index (χ4v) is 1.52. The van der Waals surface area contributed by atoms with Crippen LogP contribution in [0.5, 0.6) is 5.75 Å². The molecule has 0 amide bonds. The van der Waals surface area contributed by atoms with Gasteiger partial charge in [-0.1, -0.05) is 23.2 Å². The summed E-state index contributed by atoms with van der Waals surface area (Å²) in [5.74, 6) is 0.448. The van der Waals surface area contributed by atoms with Crippen LogP contribution in [0, 0.1) is 5.41 Å². The highest BCUT2D eigenvalue weighted by atomic mass is 35.5. The molecule has 0 spiro atoms. The fraction of sp³-hybridized carbons (Fsp3) is 0.125. The standard InChI is InChI=1S/C8H7Cl2NO/c1-12-8-6(9)2-5(4-11)3-7(8)10/h2-4,11H,1H3. The first kappa shape index (κ1) is 9.36. The molecule has 0 heterocycles. The molecule has 1 aromatic rings. The van der Waals surface area contributed by atoms with Gasteiger partial charge >= 0.3 is 0 Å². The minimum absolute atomic E-state index is 0.420. The van der Waals surface area contributed by atoms with Gasteiger partial charge in [0.1, 0.15) is 0 Å².